The highest BCUT2D eigenvalue weighted by Gasteiger charge is 2.22. The third kappa shape index (κ3) is 1.38. The lowest BCUT2D eigenvalue weighted by molar-refractivity contribution is 0.887. The van der Waals surface area contributed by atoms with Gasteiger partial charge in [-0.1, -0.05) is 0 Å². The lowest BCUT2D eigenvalue weighted by atomic mass is 10.4. The molecule has 3 rings (SSSR count). The van der Waals surface area contributed by atoms with E-state index in [0.29, 0.717) is 23.2 Å². The molecule has 2 aromatic rings. The zero-order chi connectivity index (χ0) is 10.3. The van der Waals surface area contributed by atoms with Crippen LogP contribution in [0.3, 0.4) is 0 Å². The second kappa shape index (κ2) is 2.92. The molecule has 2 aromatic heterocycles. The Bertz CT molecular complexity index is 547. The number of nitrogens with zero attached hydrogens (tertiary/aromatic N) is 5. The van der Waals surface area contributed by atoms with Gasteiger partial charge in [0.1, 0.15) is 18.0 Å². The normalized spacial score (nSPS) is 15.1. The summed E-state index contributed by atoms with van der Waals surface area (Å²) >= 11 is 0. The second-order valence-electron chi connectivity index (χ2n) is 3.54. The number of fused-ring (bicyclic) bond motifs is 1. The van der Waals surface area contributed by atoms with Crippen LogP contribution < -0.4 is 5.32 Å². The standard InChI is InChI=1S/C9H8N6/c10-3-6-4-12-15-5-11-9(14-8(6)15)13-7-1-2-7/h4-5,7H,1-2H2,(H,13,14). The molecule has 6 nitrogen and oxygen atoms in total. The van der Waals surface area contributed by atoms with Crippen molar-refractivity contribution < 1.29 is 0 Å². The van der Waals surface area contributed by atoms with Crippen LogP contribution >= 0.6 is 0 Å². The first-order valence-electron chi connectivity index (χ1n) is 4.74. The molecule has 0 saturated heterocycles. The highest BCUT2D eigenvalue weighted by molar-refractivity contribution is 5.55. The fourth-order valence-electron chi connectivity index (χ4n) is 1.35. The summed E-state index contributed by atoms with van der Waals surface area (Å²) in [6, 6.07) is 2.55. The highest BCUT2D eigenvalue weighted by atomic mass is 15.3. The SMILES string of the molecule is N#Cc1cnn2cnc(NC3CC3)nc12. The predicted molar refractivity (Wildman–Crippen MR) is 52.1 cm³/mol. The summed E-state index contributed by atoms with van der Waals surface area (Å²) in [6.45, 7) is 0. The highest BCUT2D eigenvalue weighted by Crippen LogP contribution is 2.22. The number of rotatable bonds is 2. The molecule has 0 unspecified atom stereocenters. The molecule has 0 atom stereocenters. The first kappa shape index (κ1) is 8.17. The van der Waals surface area contributed by atoms with E-state index >= 15 is 0 Å². The van der Waals surface area contributed by atoms with Crippen molar-refractivity contribution in [3.8, 4) is 6.07 Å². The average molecular weight is 200 g/mol. The van der Waals surface area contributed by atoms with Crippen LogP contribution in [0.25, 0.3) is 5.65 Å². The molecule has 0 bridgehead atoms. The minimum Gasteiger partial charge on any atom is -0.351 e. The largest absolute Gasteiger partial charge is 0.351 e. The summed E-state index contributed by atoms with van der Waals surface area (Å²) in [5, 5.41) is 16.0. The Morgan fingerprint density at radius 2 is 2.40 bits per heavy atom. The molecule has 1 fully saturated rings. The van der Waals surface area contributed by atoms with Gasteiger partial charge < -0.3 is 5.32 Å². The number of hydrogen-bond donors (Lipinski definition) is 1. The van der Waals surface area contributed by atoms with Crippen molar-refractivity contribution in [2.75, 3.05) is 5.32 Å². The Labute approximate surface area is 85.6 Å². The first-order chi connectivity index (χ1) is 7.36. The van der Waals surface area contributed by atoms with Crippen LogP contribution in [0.2, 0.25) is 0 Å². The van der Waals surface area contributed by atoms with E-state index in [1.54, 1.807) is 6.33 Å². The second-order valence-corrected chi connectivity index (χ2v) is 3.54. The summed E-state index contributed by atoms with van der Waals surface area (Å²) in [6.07, 6.45) is 5.39. The Morgan fingerprint density at radius 1 is 1.53 bits per heavy atom. The maximum atomic E-state index is 8.83. The van der Waals surface area contributed by atoms with Gasteiger partial charge >= 0.3 is 0 Å². The molecule has 0 aromatic carbocycles. The van der Waals surface area contributed by atoms with Crippen molar-refractivity contribution in [2.24, 2.45) is 0 Å². The van der Waals surface area contributed by atoms with Gasteiger partial charge in [-0.15, -0.1) is 0 Å². The molecule has 0 aliphatic heterocycles. The fourth-order valence-corrected chi connectivity index (χ4v) is 1.35. The van der Waals surface area contributed by atoms with E-state index in [4.69, 9.17) is 5.26 Å². The lowest BCUT2D eigenvalue weighted by Gasteiger charge is -2.01. The third-order valence-electron chi connectivity index (χ3n) is 2.30. The molecular formula is C9H8N6. The molecule has 6 heteroatoms. The van der Waals surface area contributed by atoms with Crippen molar-refractivity contribution in [3.05, 3.63) is 18.1 Å². The number of nitrogens with one attached hydrogen (secondary N) is 1. The molecule has 1 aliphatic carbocycles. The van der Waals surface area contributed by atoms with Gasteiger partial charge in [-0.05, 0) is 12.8 Å². The Balaban J connectivity index is 2.06. The van der Waals surface area contributed by atoms with Gasteiger partial charge in [-0.25, -0.2) is 9.50 Å². The zero-order valence-electron chi connectivity index (χ0n) is 7.88. The van der Waals surface area contributed by atoms with E-state index < -0.39 is 0 Å². The molecule has 0 spiro atoms. The summed E-state index contributed by atoms with van der Waals surface area (Å²) in [5.74, 6) is 0.571. The van der Waals surface area contributed by atoms with Gasteiger partial charge in [-0.3, -0.25) is 0 Å². The minimum atomic E-state index is 0.469. The third-order valence-corrected chi connectivity index (χ3v) is 2.30. The Morgan fingerprint density at radius 3 is 3.13 bits per heavy atom. The van der Waals surface area contributed by atoms with E-state index in [0.717, 1.165) is 0 Å². The Kier molecular flexibility index (Phi) is 1.59. The Hall–Kier alpha value is -2.16. The molecule has 15 heavy (non-hydrogen) atoms. The van der Waals surface area contributed by atoms with E-state index in [2.05, 4.69) is 20.4 Å². The summed E-state index contributed by atoms with van der Waals surface area (Å²) in [7, 11) is 0. The van der Waals surface area contributed by atoms with E-state index in [1.165, 1.54) is 23.6 Å². The van der Waals surface area contributed by atoms with Gasteiger partial charge in [-0.2, -0.15) is 15.3 Å². The fraction of sp³-hybridized carbons (Fsp3) is 0.333. The van der Waals surface area contributed by atoms with Gasteiger partial charge in [0.15, 0.2) is 5.65 Å². The minimum absolute atomic E-state index is 0.469. The van der Waals surface area contributed by atoms with E-state index in [9.17, 15) is 0 Å². The average Bonchev–Trinajstić information content (AvgIpc) is 2.97. The monoisotopic (exact) mass is 200 g/mol. The maximum Gasteiger partial charge on any atom is 0.226 e. The van der Waals surface area contributed by atoms with Crippen molar-refractivity contribution in [3.63, 3.8) is 0 Å². The number of aromatic nitrogens is 4. The van der Waals surface area contributed by atoms with E-state index in [1.807, 2.05) is 6.07 Å². The van der Waals surface area contributed by atoms with Crippen LogP contribution in [0.5, 0.6) is 0 Å². The predicted octanol–water partition coefficient (Wildman–Crippen LogP) is 0.570. The maximum absolute atomic E-state index is 8.83. The molecule has 1 N–H and O–H groups in total. The summed E-state index contributed by atoms with van der Waals surface area (Å²) in [4.78, 5) is 8.35. The molecular weight excluding hydrogens is 192 g/mol. The first-order valence-corrected chi connectivity index (χ1v) is 4.74. The van der Waals surface area contributed by atoms with Crippen LogP contribution in [-0.2, 0) is 0 Å². The van der Waals surface area contributed by atoms with Crippen molar-refractivity contribution in [2.45, 2.75) is 18.9 Å². The number of anilines is 1. The molecule has 74 valence electrons. The molecule has 2 heterocycles. The van der Waals surface area contributed by atoms with Crippen molar-refractivity contribution >= 4 is 11.6 Å². The van der Waals surface area contributed by atoms with Crippen molar-refractivity contribution in [1.82, 2.24) is 19.6 Å². The van der Waals surface area contributed by atoms with E-state index in [-0.39, 0.29) is 0 Å². The topological polar surface area (TPSA) is 78.9 Å². The molecule has 0 amide bonds. The summed E-state index contributed by atoms with van der Waals surface area (Å²) < 4.78 is 1.50. The van der Waals surface area contributed by atoms with Crippen LogP contribution in [0.1, 0.15) is 18.4 Å². The van der Waals surface area contributed by atoms with Crippen LogP contribution in [-0.4, -0.2) is 25.6 Å². The zero-order valence-corrected chi connectivity index (χ0v) is 7.88. The lowest BCUT2D eigenvalue weighted by Crippen LogP contribution is -2.06. The van der Waals surface area contributed by atoms with Gasteiger partial charge in [0.25, 0.3) is 0 Å². The quantitative estimate of drug-likeness (QED) is 0.766. The van der Waals surface area contributed by atoms with Gasteiger partial charge in [0.05, 0.1) is 6.20 Å². The number of nitriles is 1. The van der Waals surface area contributed by atoms with Crippen molar-refractivity contribution in [1.29, 1.82) is 5.26 Å². The van der Waals surface area contributed by atoms with Crippen LogP contribution in [0.4, 0.5) is 5.95 Å². The van der Waals surface area contributed by atoms with Crippen LogP contribution in [0, 0.1) is 11.3 Å². The summed E-state index contributed by atoms with van der Waals surface area (Å²) in [5.41, 5.74) is 1.02. The molecule has 1 aliphatic rings. The molecule has 0 radical (unpaired) electrons. The number of hydrogen-bond acceptors (Lipinski definition) is 5. The van der Waals surface area contributed by atoms with Gasteiger partial charge in [0, 0.05) is 6.04 Å². The molecule has 1 saturated carbocycles. The smallest absolute Gasteiger partial charge is 0.226 e. The van der Waals surface area contributed by atoms with Gasteiger partial charge in [0.2, 0.25) is 5.95 Å². The van der Waals surface area contributed by atoms with Crippen LogP contribution in [0.15, 0.2) is 12.5 Å².